The number of halogens is 2. The molecule has 0 radical (unpaired) electrons. The van der Waals surface area contributed by atoms with E-state index < -0.39 is 0 Å². The summed E-state index contributed by atoms with van der Waals surface area (Å²) in [6, 6.07) is 13.9. The minimum absolute atomic E-state index is 0. The molecule has 0 spiro atoms. The second kappa shape index (κ2) is 9.89. The highest BCUT2D eigenvalue weighted by molar-refractivity contribution is 7.99. The van der Waals surface area contributed by atoms with Crippen molar-refractivity contribution in [2.45, 2.75) is 22.9 Å². The van der Waals surface area contributed by atoms with Crippen molar-refractivity contribution in [3.63, 3.8) is 0 Å². The van der Waals surface area contributed by atoms with Gasteiger partial charge in [0.25, 0.3) is 5.91 Å². The Labute approximate surface area is 159 Å². The molecular weight excluding hydrogens is 365 g/mol. The predicted octanol–water partition coefficient (Wildman–Crippen LogP) is 3.51. The topological polar surface area (TPSA) is 45.2 Å². The summed E-state index contributed by atoms with van der Waals surface area (Å²) in [6.45, 7) is 4.57. The van der Waals surface area contributed by atoms with Gasteiger partial charge in [-0.2, -0.15) is 0 Å². The third-order valence-corrected chi connectivity index (χ3v) is 4.68. The molecule has 3 rings (SSSR count). The first-order valence-corrected chi connectivity index (χ1v) is 8.26. The number of nitrogens with zero attached hydrogens (tertiary/aromatic N) is 2. The Kier molecular flexibility index (Phi) is 8.56. The van der Waals surface area contributed by atoms with Crippen molar-refractivity contribution in [3.8, 4) is 0 Å². The molecule has 1 aliphatic heterocycles. The molecule has 2 aromatic rings. The van der Waals surface area contributed by atoms with Crippen molar-refractivity contribution < 1.29 is 4.79 Å². The molecule has 1 aliphatic rings. The molecule has 0 aliphatic carbocycles. The lowest BCUT2D eigenvalue weighted by atomic mass is 10.1. The Bertz CT molecular complexity index is 640. The number of aromatic nitrogens is 1. The number of benzene rings is 1. The summed E-state index contributed by atoms with van der Waals surface area (Å²) in [7, 11) is 0. The second-order valence-corrected chi connectivity index (χ2v) is 6.44. The number of pyridine rings is 1. The van der Waals surface area contributed by atoms with Gasteiger partial charge in [-0.1, -0.05) is 17.8 Å². The van der Waals surface area contributed by atoms with Crippen molar-refractivity contribution in [2.24, 2.45) is 0 Å². The zero-order chi connectivity index (χ0) is 15.4. The van der Waals surface area contributed by atoms with E-state index in [2.05, 4.69) is 17.2 Å². The number of hydrogen-bond donors (Lipinski definition) is 1. The summed E-state index contributed by atoms with van der Waals surface area (Å²) in [6.07, 6.45) is 1.78. The van der Waals surface area contributed by atoms with Gasteiger partial charge in [0.1, 0.15) is 5.03 Å². The van der Waals surface area contributed by atoms with Crippen LogP contribution in [0.3, 0.4) is 0 Å². The SMILES string of the molecule is C[C@@H]1CNCCN1C(=O)c1ccc(Sc2ccccn2)cc1.Cl.Cl. The molecule has 1 fully saturated rings. The fourth-order valence-electron chi connectivity index (χ4n) is 2.50. The minimum Gasteiger partial charge on any atom is -0.333 e. The van der Waals surface area contributed by atoms with Crippen LogP contribution < -0.4 is 5.32 Å². The molecule has 1 atom stereocenters. The van der Waals surface area contributed by atoms with Crippen LogP contribution in [0.25, 0.3) is 0 Å². The molecule has 2 heterocycles. The number of hydrogen-bond acceptors (Lipinski definition) is 4. The first-order chi connectivity index (χ1) is 10.7. The van der Waals surface area contributed by atoms with E-state index in [1.807, 2.05) is 47.4 Å². The maximum absolute atomic E-state index is 12.6. The molecule has 24 heavy (non-hydrogen) atoms. The molecule has 0 unspecified atom stereocenters. The van der Waals surface area contributed by atoms with Crippen LogP contribution in [0.4, 0.5) is 0 Å². The molecule has 7 heteroatoms. The zero-order valence-electron chi connectivity index (χ0n) is 13.3. The minimum atomic E-state index is 0. The van der Waals surface area contributed by atoms with E-state index >= 15 is 0 Å². The van der Waals surface area contributed by atoms with Gasteiger partial charge < -0.3 is 10.2 Å². The van der Waals surface area contributed by atoms with Crippen LogP contribution in [-0.4, -0.2) is 41.5 Å². The van der Waals surface area contributed by atoms with E-state index in [0.717, 1.165) is 35.1 Å². The highest BCUT2D eigenvalue weighted by Gasteiger charge is 2.23. The van der Waals surface area contributed by atoms with Crippen LogP contribution in [0, 0.1) is 0 Å². The lowest BCUT2D eigenvalue weighted by Gasteiger charge is -2.34. The highest BCUT2D eigenvalue weighted by atomic mass is 35.5. The van der Waals surface area contributed by atoms with Crippen LogP contribution in [-0.2, 0) is 0 Å². The van der Waals surface area contributed by atoms with Gasteiger partial charge in [-0.05, 0) is 43.3 Å². The van der Waals surface area contributed by atoms with Crippen LogP contribution in [0.1, 0.15) is 17.3 Å². The second-order valence-electron chi connectivity index (χ2n) is 5.35. The summed E-state index contributed by atoms with van der Waals surface area (Å²) < 4.78 is 0. The average molecular weight is 386 g/mol. The van der Waals surface area contributed by atoms with E-state index in [0.29, 0.717) is 0 Å². The summed E-state index contributed by atoms with van der Waals surface area (Å²) in [5.41, 5.74) is 0.749. The largest absolute Gasteiger partial charge is 0.333 e. The summed E-state index contributed by atoms with van der Waals surface area (Å²) >= 11 is 1.60. The fourth-order valence-corrected chi connectivity index (χ4v) is 3.28. The Morgan fingerprint density at radius 1 is 1.21 bits per heavy atom. The monoisotopic (exact) mass is 385 g/mol. The maximum atomic E-state index is 12.6. The molecular formula is C17H21Cl2N3OS. The molecule has 0 saturated carbocycles. The summed E-state index contributed by atoms with van der Waals surface area (Å²) in [5.74, 6) is 0.114. The van der Waals surface area contributed by atoms with Crippen molar-refractivity contribution >= 4 is 42.5 Å². The van der Waals surface area contributed by atoms with E-state index in [4.69, 9.17) is 0 Å². The summed E-state index contributed by atoms with van der Waals surface area (Å²) in [4.78, 5) is 19.9. The van der Waals surface area contributed by atoms with Gasteiger partial charge in [0, 0.05) is 42.3 Å². The van der Waals surface area contributed by atoms with Crippen LogP contribution in [0.15, 0.2) is 58.6 Å². The molecule has 1 saturated heterocycles. The first kappa shape index (κ1) is 20.8. The number of piperazine rings is 1. The van der Waals surface area contributed by atoms with E-state index in [1.54, 1.807) is 18.0 Å². The smallest absolute Gasteiger partial charge is 0.254 e. The molecule has 130 valence electrons. The van der Waals surface area contributed by atoms with Crippen LogP contribution in [0.2, 0.25) is 0 Å². The van der Waals surface area contributed by atoms with Crippen molar-refractivity contribution in [1.29, 1.82) is 0 Å². The van der Waals surface area contributed by atoms with Gasteiger partial charge in [-0.25, -0.2) is 4.98 Å². The normalized spacial score (nSPS) is 16.7. The Morgan fingerprint density at radius 3 is 2.58 bits per heavy atom. The molecule has 1 aromatic heterocycles. The van der Waals surface area contributed by atoms with Crippen molar-refractivity contribution in [2.75, 3.05) is 19.6 Å². The fraction of sp³-hybridized carbons (Fsp3) is 0.294. The molecule has 1 N–H and O–H groups in total. The molecule has 0 bridgehead atoms. The highest BCUT2D eigenvalue weighted by Crippen LogP contribution is 2.26. The number of amides is 1. The zero-order valence-corrected chi connectivity index (χ0v) is 15.8. The molecule has 1 aromatic carbocycles. The van der Waals surface area contributed by atoms with Crippen molar-refractivity contribution in [1.82, 2.24) is 15.2 Å². The van der Waals surface area contributed by atoms with Crippen LogP contribution >= 0.6 is 36.6 Å². The van der Waals surface area contributed by atoms with Crippen molar-refractivity contribution in [3.05, 3.63) is 54.2 Å². The standard InChI is InChI=1S/C17H19N3OS.2ClH/c1-13-12-18-10-11-20(13)17(21)14-5-7-15(8-6-14)22-16-4-2-3-9-19-16;;/h2-9,13,18H,10-12H2,1H3;2*1H/t13-;;/m1../s1. The summed E-state index contributed by atoms with van der Waals surface area (Å²) in [5, 5.41) is 4.26. The van der Waals surface area contributed by atoms with E-state index in [1.165, 1.54) is 0 Å². The van der Waals surface area contributed by atoms with Gasteiger partial charge >= 0.3 is 0 Å². The quantitative estimate of drug-likeness (QED) is 0.877. The predicted molar refractivity (Wildman–Crippen MR) is 103 cm³/mol. The first-order valence-electron chi connectivity index (χ1n) is 7.44. The lowest BCUT2D eigenvalue weighted by molar-refractivity contribution is 0.0655. The number of carbonyl (C=O) groups is 1. The number of nitrogens with one attached hydrogen (secondary N) is 1. The van der Waals surface area contributed by atoms with Gasteiger partial charge in [0.2, 0.25) is 0 Å². The van der Waals surface area contributed by atoms with E-state index in [9.17, 15) is 4.79 Å². The maximum Gasteiger partial charge on any atom is 0.254 e. The average Bonchev–Trinajstić information content (AvgIpc) is 2.56. The Balaban J connectivity index is 0.00000144. The third kappa shape index (κ3) is 5.11. The third-order valence-electron chi connectivity index (χ3n) is 3.72. The van der Waals surface area contributed by atoms with Gasteiger partial charge in [0.15, 0.2) is 0 Å². The van der Waals surface area contributed by atoms with Gasteiger partial charge in [0.05, 0.1) is 0 Å². The molecule has 4 nitrogen and oxygen atoms in total. The van der Waals surface area contributed by atoms with Gasteiger partial charge in [-0.3, -0.25) is 4.79 Å². The van der Waals surface area contributed by atoms with Crippen LogP contribution in [0.5, 0.6) is 0 Å². The number of rotatable bonds is 3. The Morgan fingerprint density at radius 2 is 1.96 bits per heavy atom. The lowest BCUT2D eigenvalue weighted by Crippen LogP contribution is -2.52. The Hall–Kier alpha value is -1.27. The molecule has 1 amide bonds. The van der Waals surface area contributed by atoms with Gasteiger partial charge in [-0.15, -0.1) is 24.8 Å². The number of carbonyl (C=O) groups excluding carboxylic acids is 1. The van der Waals surface area contributed by atoms with E-state index in [-0.39, 0.29) is 36.8 Å².